The maximum atomic E-state index is 14.8. The van der Waals surface area contributed by atoms with Crippen molar-refractivity contribution in [2.24, 2.45) is 41.4 Å². The van der Waals surface area contributed by atoms with Gasteiger partial charge in [-0.1, -0.05) is 55.4 Å². The molecule has 1 unspecified atom stereocenters. The number of alkyl halides is 3. The van der Waals surface area contributed by atoms with E-state index in [1.54, 1.807) is 19.1 Å². The van der Waals surface area contributed by atoms with E-state index in [1.807, 2.05) is 62.3 Å². The first kappa shape index (κ1) is 57.3. The molecule has 1 aromatic carbocycles. The summed E-state index contributed by atoms with van der Waals surface area (Å²) in [5.41, 5.74) is -3.75. The Morgan fingerprint density at radius 1 is 0.944 bits per heavy atom. The van der Waals surface area contributed by atoms with E-state index in [1.165, 1.54) is 19.1 Å². The lowest BCUT2D eigenvalue weighted by atomic mass is 9.72. The largest absolute Gasteiger partial charge is 0.453 e. The highest BCUT2D eigenvalue weighted by atomic mass is 19.4. The van der Waals surface area contributed by atoms with Gasteiger partial charge in [-0.15, -0.1) is 0 Å². The van der Waals surface area contributed by atoms with E-state index in [0.717, 1.165) is 6.07 Å². The van der Waals surface area contributed by atoms with Crippen molar-refractivity contribution in [1.29, 1.82) is 5.26 Å². The quantitative estimate of drug-likeness (QED) is 0.0908. The minimum Gasteiger partial charge on any atom is -0.453 e. The number of amides is 2. The number of nitrogens with zero attached hydrogens (tertiary/aromatic N) is 1. The molecule has 5 aliphatic heterocycles. The summed E-state index contributed by atoms with van der Waals surface area (Å²) in [6.07, 6.45) is -0.707. The fourth-order valence-corrected chi connectivity index (χ4v) is 12.3. The molecule has 0 saturated carbocycles. The van der Waals surface area contributed by atoms with Gasteiger partial charge in [-0.3, -0.25) is 19.2 Å². The van der Waals surface area contributed by atoms with Crippen molar-refractivity contribution in [1.82, 2.24) is 5.32 Å². The molecule has 6 rings (SSSR count). The summed E-state index contributed by atoms with van der Waals surface area (Å²) in [5, 5.41) is 37.3. The molecule has 2 spiro atoms. The Bertz CT molecular complexity index is 2210. The average molecular weight is 1020 g/mol. The highest BCUT2D eigenvalue weighted by Gasteiger charge is 2.64. The summed E-state index contributed by atoms with van der Waals surface area (Å²) < 4.78 is 80.6. The molecule has 5 aliphatic rings. The van der Waals surface area contributed by atoms with Crippen molar-refractivity contribution in [3.05, 3.63) is 41.5 Å². The number of rotatable bonds is 16. The van der Waals surface area contributed by atoms with E-state index in [0.29, 0.717) is 70.3 Å². The lowest BCUT2D eigenvalue weighted by Crippen LogP contribution is -2.63. The number of carbonyl (C=O) groups excluding carboxylic acids is 4. The number of Topliss-reactive ketones (excluding diaryl/α,β-unsaturated/α-hetero) is 1. The second kappa shape index (κ2) is 22.5. The molecule has 0 aromatic heterocycles. The van der Waals surface area contributed by atoms with Gasteiger partial charge in [0, 0.05) is 42.7 Å². The van der Waals surface area contributed by atoms with Gasteiger partial charge in [-0.05, 0) is 114 Å². The Morgan fingerprint density at radius 3 is 2.25 bits per heavy atom. The zero-order valence-electron chi connectivity index (χ0n) is 43.8. The van der Waals surface area contributed by atoms with Gasteiger partial charge < -0.3 is 49.3 Å². The van der Waals surface area contributed by atoms with E-state index in [2.05, 4.69) is 10.6 Å². The normalized spacial score (nSPS) is 37.0. The van der Waals surface area contributed by atoms with E-state index in [4.69, 9.17) is 33.7 Å². The lowest BCUT2D eigenvalue weighted by Gasteiger charge is -2.54. The van der Waals surface area contributed by atoms with Crippen LogP contribution in [-0.4, -0.2) is 106 Å². The second-order valence-electron chi connectivity index (χ2n) is 21.8. The summed E-state index contributed by atoms with van der Waals surface area (Å²) in [7, 11) is 0. The number of hydrogen-bond donors (Lipinski definition) is 4. The van der Waals surface area contributed by atoms with Crippen molar-refractivity contribution in [2.45, 2.75) is 212 Å². The van der Waals surface area contributed by atoms with Gasteiger partial charge in [0.25, 0.3) is 0 Å². The van der Waals surface area contributed by atoms with E-state index >= 15 is 0 Å². The number of benzene rings is 1. The van der Waals surface area contributed by atoms with Gasteiger partial charge in [-0.2, -0.15) is 18.4 Å². The number of nitriles is 1. The summed E-state index contributed by atoms with van der Waals surface area (Å²) in [6.45, 7) is 20.0. The summed E-state index contributed by atoms with van der Waals surface area (Å²) in [4.78, 5) is 53.7. The highest BCUT2D eigenvalue weighted by molar-refractivity contribution is 5.95. The molecule has 0 radical (unpaired) electrons. The van der Waals surface area contributed by atoms with Crippen LogP contribution in [0.4, 0.5) is 18.9 Å². The number of esters is 1. The van der Waals surface area contributed by atoms with Crippen LogP contribution >= 0.6 is 0 Å². The predicted octanol–water partition coefficient (Wildman–Crippen LogP) is 8.32. The Morgan fingerprint density at radius 2 is 1.64 bits per heavy atom. The van der Waals surface area contributed by atoms with Crippen molar-refractivity contribution >= 4 is 29.3 Å². The number of carbonyl (C=O) groups is 4. The van der Waals surface area contributed by atoms with Crippen LogP contribution < -0.4 is 10.6 Å². The molecule has 15 nitrogen and oxygen atoms in total. The first-order chi connectivity index (χ1) is 33.7. The smallest absolute Gasteiger partial charge is 0.417 e. The molecule has 72 heavy (non-hydrogen) atoms. The van der Waals surface area contributed by atoms with E-state index in [9.17, 15) is 42.6 Å². The molecule has 4 saturated heterocycles. The van der Waals surface area contributed by atoms with E-state index in [-0.39, 0.29) is 35.3 Å². The Balaban J connectivity index is 1.12. The number of ketones is 1. The van der Waals surface area contributed by atoms with Gasteiger partial charge in [0.1, 0.15) is 5.78 Å². The third kappa shape index (κ3) is 11.8. The van der Waals surface area contributed by atoms with Gasteiger partial charge in [-0.25, -0.2) is 0 Å². The van der Waals surface area contributed by atoms with Gasteiger partial charge in [0.2, 0.25) is 17.6 Å². The minimum atomic E-state index is -4.81. The van der Waals surface area contributed by atoms with Crippen LogP contribution in [0.1, 0.15) is 151 Å². The van der Waals surface area contributed by atoms with Crippen LogP contribution in [0.3, 0.4) is 0 Å². The molecular formula is C54H78F3N3O12. The number of hydrogen-bond acceptors (Lipinski definition) is 13. The molecule has 4 fully saturated rings. The standard InChI is InChI=1S/C54H78F3N3O12/c1-12-38(49(65)59-28-44(62)60-37-17-16-36(27-58)40(26-37)54(55,56)57)41-18-15-29(4)47(69-41)33(8)45(63)32(7)46(64)39(13-2)48-30(5)25-31(6)52(70-48)22-20-43(68-35(10)61)53(72-52)24-23-50(11,71-53)42-19-21-51(66,14-3)34(9)67-42/h16-17,20,22,26,29-34,38-39,41-43,45,47-48,63,66H,12-15,18-19,21,23-25,28H2,1-11H3,(H,59,65)(H,60,62)/t29-,30-,31+,32-,33-,34-,38?,39-,41+,42+,43+,45+,47+,48-,50-,51+,52-,53-/m0/s1. The fraction of sp³-hybridized carbons (Fsp3) is 0.759. The van der Waals surface area contributed by atoms with Crippen LogP contribution in [-0.2, 0) is 53.8 Å². The highest BCUT2D eigenvalue weighted by Crippen LogP contribution is 2.55. The number of aliphatic hydroxyl groups excluding tert-OH is 1. The number of ether oxygens (including phenoxy) is 6. The van der Waals surface area contributed by atoms with Crippen molar-refractivity contribution in [3.8, 4) is 6.07 Å². The van der Waals surface area contributed by atoms with Gasteiger partial charge in [0.05, 0.1) is 77.5 Å². The molecule has 4 N–H and O–H groups in total. The summed E-state index contributed by atoms with van der Waals surface area (Å²) >= 11 is 0. The zero-order chi connectivity index (χ0) is 53.3. The molecule has 18 atom stereocenters. The summed E-state index contributed by atoms with van der Waals surface area (Å²) in [5.74, 6) is -7.77. The Kier molecular flexibility index (Phi) is 17.9. The first-order valence-electron chi connectivity index (χ1n) is 26.1. The van der Waals surface area contributed by atoms with Gasteiger partial charge in [0.15, 0.2) is 11.9 Å². The van der Waals surface area contributed by atoms with Crippen molar-refractivity contribution in [3.63, 3.8) is 0 Å². The first-order valence-corrected chi connectivity index (χ1v) is 26.1. The number of nitrogens with one attached hydrogen (secondary N) is 2. The SMILES string of the molecule is CCC(C(=O)NCC(=O)Nc1ccc(C#N)c(C(F)(F)F)c1)[C@H]1CC[C@H](C)[C@H]([C@@H](C)[C@H](O)[C@H](C)C(=O)[C@H](CC)[C@H]2O[C@]3(C=C[C@@H](OC(C)=O)[C@]4(CC[C@@](C)([C@H]5CC[C@](O)(CC)[C@H](C)O5)O4)O3)[C@H](C)C[C@@H]2C)O1. The Labute approximate surface area is 422 Å². The minimum absolute atomic E-state index is 0.0377. The maximum Gasteiger partial charge on any atom is 0.417 e. The van der Waals surface area contributed by atoms with Crippen LogP contribution in [0.2, 0.25) is 0 Å². The number of aliphatic hydroxyl groups is 2. The maximum absolute atomic E-state index is 14.8. The van der Waals surface area contributed by atoms with E-state index < -0.39 is 125 Å². The monoisotopic (exact) mass is 1020 g/mol. The molecule has 5 heterocycles. The number of halogens is 3. The van der Waals surface area contributed by atoms with Crippen molar-refractivity contribution < 1.29 is 71.0 Å². The molecule has 1 aromatic rings. The van der Waals surface area contributed by atoms with Crippen molar-refractivity contribution in [2.75, 3.05) is 11.9 Å². The fourth-order valence-electron chi connectivity index (χ4n) is 12.3. The van der Waals surface area contributed by atoms with Crippen LogP contribution in [0.25, 0.3) is 0 Å². The zero-order valence-corrected chi connectivity index (χ0v) is 43.8. The van der Waals surface area contributed by atoms with Crippen LogP contribution in [0.15, 0.2) is 30.4 Å². The third-order valence-electron chi connectivity index (χ3n) is 16.9. The second-order valence-corrected chi connectivity index (χ2v) is 21.8. The lowest BCUT2D eigenvalue weighted by molar-refractivity contribution is -0.409. The number of anilines is 1. The average Bonchev–Trinajstić information content (AvgIpc) is 3.68. The molecule has 402 valence electrons. The molecule has 0 aliphatic carbocycles. The third-order valence-corrected chi connectivity index (χ3v) is 16.9. The summed E-state index contributed by atoms with van der Waals surface area (Å²) in [6, 6.07) is 4.31. The predicted molar refractivity (Wildman–Crippen MR) is 258 cm³/mol. The van der Waals surface area contributed by atoms with Gasteiger partial charge >= 0.3 is 12.1 Å². The Hall–Kier alpha value is -3.96. The van der Waals surface area contributed by atoms with Crippen LogP contribution in [0.5, 0.6) is 0 Å². The molecule has 0 bridgehead atoms. The molecule has 18 heteroatoms. The topological polar surface area (TPSA) is 212 Å². The van der Waals surface area contributed by atoms with Crippen LogP contribution in [0, 0.1) is 52.8 Å². The molecular weight excluding hydrogens is 940 g/mol. The molecule has 2 amide bonds.